The highest BCUT2D eigenvalue weighted by Crippen LogP contribution is 2.22. The number of hydrogen-bond donors (Lipinski definition) is 3. The summed E-state index contributed by atoms with van der Waals surface area (Å²) in [5.41, 5.74) is 7.21. The molecule has 1 aliphatic rings. The lowest BCUT2D eigenvalue weighted by molar-refractivity contribution is 0.389. The number of thioether (sulfide) groups is 1. The van der Waals surface area contributed by atoms with Crippen molar-refractivity contribution in [2.45, 2.75) is 111 Å². The maximum Gasteiger partial charge on any atom is 0.114 e. The van der Waals surface area contributed by atoms with Gasteiger partial charge in [0.15, 0.2) is 0 Å². The molecule has 0 saturated heterocycles. The summed E-state index contributed by atoms with van der Waals surface area (Å²) in [4.78, 5) is 4.44. The zero-order chi connectivity index (χ0) is 23.1. The van der Waals surface area contributed by atoms with E-state index >= 15 is 0 Å². The minimum atomic E-state index is -0.112. The molecule has 0 aliphatic carbocycles. The van der Waals surface area contributed by atoms with Gasteiger partial charge in [-0.05, 0) is 49.3 Å². The molecule has 31 heavy (non-hydrogen) atoms. The summed E-state index contributed by atoms with van der Waals surface area (Å²) in [6, 6.07) is -0.112. The molecule has 1 rings (SSSR count). The van der Waals surface area contributed by atoms with E-state index in [1.807, 2.05) is 0 Å². The summed E-state index contributed by atoms with van der Waals surface area (Å²) < 4.78 is 0. The Kier molecular flexibility index (Phi) is 15.1. The first kappa shape index (κ1) is 28.1. The maximum atomic E-state index is 7.82. The average molecular weight is 451 g/mol. The van der Waals surface area contributed by atoms with Crippen molar-refractivity contribution >= 4 is 23.4 Å². The van der Waals surface area contributed by atoms with Gasteiger partial charge in [0.25, 0.3) is 0 Å². The molecule has 0 saturated carbocycles. The predicted octanol–water partition coefficient (Wildman–Crippen LogP) is 7.15. The summed E-state index contributed by atoms with van der Waals surface area (Å²) in [7, 11) is 0. The van der Waals surface area contributed by atoms with Gasteiger partial charge in [0.2, 0.25) is 0 Å². The molecular formula is C26H50N4S. The number of amidine groups is 2. The molecule has 1 aliphatic heterocycles. The fourth-order valence-corrected chi connectivity index (χ4v) is 5.07. The maximum absolute atomic E-state index is 7.82. The second kappa shape index (κ2) is 16.6. The fourth-order valence-electron chi connectivity index (χ4n) is 4.12. The minimum absolute atomic E-state index is 0.112. The van der Waals surface area contributed by atoms with Crippen LogP contribution in [0.3, 0.4) is 0 Å². The van der Waals surface area contributed by atoms with Gasteiger partial charge < -0.3 is 11.1 Å². The van der Waals surface area contributed by atoms with Gasteiger partial charge in [-0.25, -0.2) is 0 Å². The third-order valence-corrected chi connectivity index (χ3v) is 7.37. The zero-order valence-corrected chi connectivity index (χ0v) is 21.8. The molecule has 180 valence electrons. The van der Waals surface area contributed by atoms with E-state index in [9.17, 15) is 0 Å². The number of aliphatic imine (C=N–C) groups is 1. The number of allylic oxidation sites excluding steroid dienone is 1. The fraction of sp³-hybridized carbons (Fsp3) is 0.846. The van der Waals surface area contributed by atoms with Crippen molar-refractivity contribution in [3.8, 4) is 0 Å². The van der Waals surface area contributed by atoms with E-state index in [-0.39, 0.29) is 11.9 Å². The third-order valence-electron chi connectivity index (χ3n) is 6.28. The predicted molar refractivity (Wildman–Crippen MR) is 141 cm³/mol. The second-order valence-corrected chi connectivity index (χ2v) is 11.1. The van der Waals surface area contributed by atoms with Crippen LogP contribution in [0.5, 0.6) is 0 Å². The Hall–Kier alpha value is -0.970. The van der Waals surface area contributed by atoms with Crippen molar-refractivity contribution in [3.63, 3.8) is 0 Å². The van der Waals surface area contributed by atoms with E-state index in [1.165, 1.54) is 63.4 Å². The van der Waals surface area contributed by atoms with Crippen LogP contribution in [0.4, 0.5) is 0 Å². The number of nitrogens with two attached hydrogens (primary N) is 1. The quantitative estimate of drug-likeness (QED) is 0.163. The first-order chi connectivity index (χ1) is 14.8. The molecule has 0 aromatic rings. The van der Waals surface area contributed by atoms with Gasteiger partial charge in [0.1, 0.15) is 5.84 Å². The molecule has 5 heteroatoms. The molecule has 0 bridgehead atoms. The molecule has 0 radical (unpaired) electrons. The van der Waals surface area contributed by atoms with Crippen molar-refractivity contribution in [3.05, 3.63) is 11.0 Å². The van der Waals surface area contributed by atoms with Crippen LogP contribution in [0.25, 0.3) is 0 Å². The smallest absolute Gasteiger partial charge is 0.114 e. The first-order valence-corrected chi connectivity index (χ1v) is 13.7. The number of nitrogens with zero attached hydrogens (tertiary/aromatic N) is 1. The highest BCUT2D eigenvalue weighted by molar-refractivity contribution is 8.02. The lowest BCUT2D eigenvalue weighted by Crippen LogP contribution is -2.45. The largest absolute Gasteiger partial charge is 0.386 e. The average Bonchev–Trinajstić information content (AvgIpc) is 3.20. The minimum Gasteiger partial charge on any atom is -0.386 e. The molecule has 0 aromatic heterocycles. The molecule has 4 N–H and O–H groups in total. The van der Waals surface area contributed by atoms with E-state index in [4.69, 9.17) is 11.1 Å². The van der Waals surface area contributed by atoms with Crippen LogP contribution in [0.2, 0.25) is 0 Å². The summed E-state index contributed by atoms with van der Waals surface area (Å²) >= 11 is 1.76. The molecule has 3 atom stereocenters. The molecule has 0 fully saturated rings. The van der Waals surface area contributed by atoms with E-state index < -0.39 is 0 Å². The molecule has 0 spiro atoms. The Morgan fingerprint density at radius 1 is 1.06 bits per heavy atom. The standard InChI is InChI=1S/C26H50N4S/c1-20(2)10-6-11-21(3)12-7-13-22(4)14-8-15-23(5)18-31-19-24(26(27)28)30-25-16-9-17-29-25/h18,20-22,24H,6-17,19H2,1-5H3,(H3,27,28)(H,29,30). The Morgan fingerprint density at radius 3 is 2.23 bits per heavy atom. The van der Waals surface area contributed by atoms with Crippen molar-refractivity contribution in [2.24, 2.45) is 28.5 Å². The van der Waals surface area contributed by atoms with Gasteiger partial charge in [-0.1, -0.05) is 78.2 Å². The Bertz CT molecular complexity index is 556. The van der Waals surface area contributed by atoms with Crippen molar-refractivity contribution in [1.29, 1.82) is 5.41 Å². The van der Waals surface area contributed by atoms with Gasteiger partial charge in [-0.15, -0.1) is 11.8 Å². The van der Waals surface area contributed by atoms with Crippen LogP contribution < -0.4 is 11.1 Å². The topological polar surface area (TPSA) is 74.3 Å². The molecule has 3 unspecified atom stereocenters. The van der Waals surface area contributed by atoms with Crippen LogP contribution in [0.15, 0.2) is 16.0 Å². The van der Waals surface area contributed by atoms with Gasteiger partial charge >= 0.3 is 0 Å². The first-order valence-electron chi connectivity index (χ1n) is 12.7. The monoisotopic (exact) mass is 450 g/mol. The van der Waals surface area contributed by atoms with Crippen LogP contribution in [-0.2, 0) is 0 Å². The Morgan fingerprint density at radius 2 is 1.68 bits per heavy atom. The van der Waals surface area contributed by atoms with Gasteiger partial charge in [-0.2, -0.15) is 0 Å². The number of rotatable bonds is 17. The Labute approximate surface area is 197 Å². The van der Waals surface area contributed by atoms with Gasteiger partial charge in [-0.3, -0.25) is 10.4 Å². The third kappa shape index (κ3) is 14.7. The second-order valence-electron chi connectivity index (χ2n) is 10.2. The summed E-state index contributed by atoms with van der Waals surface area (Å²) in [5.74, 6) is 4.58. The van der Waals surface area contributed by atoms with E-state index in [1.54, 1.807) is 11.8 Å². The van der Waals surface area contributed by atoms with E-state index in [0.29, 0.717) is 0 Å². The van der Waals surface area contributed by atoms with Crippen LogP contribution in [0, 0.1) is 23.2 Å². The normalized spacial score (nSPS) is 17.5. The number of nitrogens with one attached hydrogen (secondary N) is 2. The zero-order valence-electron chi connectivity index (χ0n) is 21.0. The van der Waals surface area contributed by atoms with E-state index in [0.717, 1.165) is 48.7 Å². The molecule has 1 heterocycles. The van der Waals surface area contributed by atoms with Crippen LogP contribution >= 0.6 is 11.8 Å². The lowest BCUT2D eigenvalue weighted by atomic mass is 9.91. The van der Waals surface area contributed by atoms with Gasteiger partial charge in [0, 0.05) is 18.7 Å². The SMILES string of the molecule is CC(=CSCC(NC1=NCCC1)C(=N)N)CCCC(C)CCCC(C)CCCC(C)C. The lowest BCUT2D eigenvalue weighted by Gasteiger charge is -2.17. The summed E-state index contributed by atoms with van der Waals surface area (Å²) in [5, 5.41) is 13.4. The summed E-state index contributed by atoms with van der Waals surface area (Å²) in [6.45, 7) is 12.6. The van der Waals surface area contributed by atoms with E-state index in [2.05, 4.69) is 50.3 Å². The highest BCUT2D eigenvalue weighted by atomic mass is 32.2. The van der Waals surface area contributed by atoms with Crippen molar-refractivity contribution in [2.75, 3.05) is 12.3 Å². The number of hydrogen-bond acceptors (Lipinski definition) is 4. The molecule has 0 aromatic carbocycles. The van der Waals surface area contributed by atoms with Crippen molar-refractivity contribution < 1.29 is 0 Å². The molecule has 0 amide bonds. The Balaban J connectivity index is 2.12. The highest BCUT2D eigenvalue weighted by Gasteiger charge is 2.15. The molecular weight excluding hydrogens is 400 g/mol. The van der Waals surface area contributed by atoms with Crippen LogP contribution in [-0.4, -0.2) is 30.0 Å². The van der Waals surface area contributed by atoms with Gasteiger partial charge in [0.05, 0.1) is 11.9 Å². The van der Waals surface area contributed by atoms with Crippen LogP contribution in [0.1, 0.15) is 105 Å². The van der Waals surface area contributed by atoms with Crippen molar-refractivity contribution in [1.82, 2.24) is 5.32 Å². The molecule has 4 nitrogen and oxygen atoms in total. The summed E-state index contributed by atoms with van der Waals surface area (Å²) in [6.07, 6.45) is 14.2.